The lowest BCUT2D eigenvalue weighted by Gasteiger charge is -2.28. The van der Waals surface area contributed by atoms with Crippen LogP contribution in [-0.2, 0) is 0 Å². The average molecular weight is 306 g/mol. The Kier molecular flexibility index (Phi) is 4.53. The molecule has 5 heteroatoms. The Morgan fingerprint density at radius 2 is 1.87 bits per heavy atom. The van der Waals surface area contributed by atoms with E-state index >= 15 is 0 Å². The largest absolute Gasteiger partial charge is 0.370 e. The van der Waals surface area contributed by atoms with Crippen LogP contribution >= 0.6 is 0 Å². The van der Waals surface area contributed by atoms with Gasteiger partial charge >= 0.3 is 0 Å². The van der Waals surface area contributed by atoms with Crippen LogP contribution in [0.4, 0.5) is 11.4 Å². The van der Waals surface area contributed by atoms with Crippen LogP contribution in [0, 0.1) is 11.3 Å². The van der Waals surface area contributed by atoms with Crippen molar-refractivity contribution in [2.24, 2.45) is 0 Å². The fourth-order valence-corrected chi connectivity index (χ4v) is 2.71. The van der Waals surface area contributed by atoms with E-state index in [1.54, 1.807) is 30.5 Å². The molecule has 0 saturated carbocycles. The van der Waals surface area contributed by atoms with Crippen molar-refractivity contribution in [3.05, 3.63) is 53.9 Å². The summed E-state index contributed by atoms with van der Waals surface area (Å²) >= 11 is 0. The van der Waals surface area contributed by atoms with E-state index in [1.807, 2.05) is 12.3 Å². The van der Waals surface area contributed by atoms with Crippen LogP contribution in [0.15, 0.2) is 42.7 Å². The van der Waals surface area contributed by atoms with E-state index in [-0.39, 0.29) is 5.91 Å². The third kappa shape index (κ3) is 3.67. The molecule has 1 aromatic heterocycles. The number of amides is 1. The number of carbonyl (C=O) groups is 1. The van der Waals surface area contributed by atoms with Gasteiger partial charge in [0.2, 0.25) is 0 Å². The van der Waals surface area contributed by atoms with Gasteiger partial charge in [0.25, 0.3) is 5.91 Å². The maximum atomic E-state index is 12.4. The Morgan fingerprint density at radius 3 is 2.57 bits per heavy atom. The van der Waals surface area contributed by atoms with Crippen molar-refractivity contribution in [2.45, 2.75) is 19.3 Å². The molecule has 1 saturated heterocycles. The van der Waals surface area contributed by atoms with Crippen LogP contribution in [0.25, 0.3) is 0 Å². The molecule has 1 aliphatic rings. The smallest absolute Gasteiger partial charge is 0.257 e. The van der Waals surface area contributed by atoms with E-state index in [0.29, 0.717) is 16.8 Å². The van der Waals surface area contributed by atoms with Gasteiger partial charge in [-0.2, -0.15) is 5.26 Å². The van der Waals surface area contributed by atoms with Gasteiger partial charge in [0.15, 0.2) is 0 Å². The fraction of sp³-hybridized carbons (Fsp3) is 0.278. The van der Waals surface area contributed by atoms with Crippen molar-refractivity contribution in [2.75, 3.05) is 23.3 Å². The van der Waals surface area contributed by atoms with Gasteiger partial charge in [-0.15, -0.1) is 0 Å². The van der Waals surface area contributed by atoms with E-state index in [4.69, 9.17) is 5.26 Å². The molecule has 23 heavy (non-hydrogen) atoms. The molecule has 1 aliphatic heterocycles. The van der Waals surface area contributed by atoms with Crippen molar-refractivity contribution < 1.29 is 4.79 Å². The number of rotatable bonds is 3. The van der Waals surface area contributed by atoms with Crippen molar-refractivity contribution in [3.8, 4) is 6.07 Å². The summed E-state index contributed by atoms with van der Waals surface area (Å²) in [5.74, 6) is -0.193. The van der Waals surface area contributed by atoms with Crippen LogP contribution < -0.4 is 10.2 Å². The van der Waals surface area contributed by atoms with Crippen molar-refractivity contribution in [1.82, 2.24) is 4.98 Å². The molecule has 5 nitrogen and oxygen atoms in total. The van der Waals surface area contributed by atoms with Gasteiger partial charge in [-0.25, -0.2) is 0 Å². The number of hydrogen-bond donors (Lipinski definition) is 1. The lowest BCUT2D eigenvalue weighted by molar-refractivity contribution is 0.102. The Bertz CT molecular complexity index is 727. The van der Waals surface area contributed by atoms with Crippen LogP contribution in [-0.4, -0.2) is 24.0 Å². The average Bonchev–Trinajstić information content (AvgIpc) is 2.63. The first kappa shape index (κ1) is 15.0. The predicted molar refractivity (Wildman–Crippen MR) is 89.4 cm³/mol. The van der Waals surface area contributed by atoms with Crippen molar-refractivity contribution >= 4 is 17.3 Å². The van der Waals surface area contributed by atoms with E-state index < -0.39 is 0 Å². The number of nitrogens with one attached hydrogen (secondary N) is 1. The molecular formula is C18H18N4O. The first-order valence-corrected chi connectivity index (χ1v) is 7.78. The summed E-state index contributed by atoms with van der Waals surface area (Å²) in [6, 6.07) is 10.7. The molecule has 0 bridgehead atoms. The second-order valence-corrected chi connectivity index (χ2v) is 5.62. The number of anilines is 2. The van der Waals surface area contributed by atoms with Gasteiger partial charge in [-0.3, -0.25) is 9.78 Å². The Labute approximate surface area is 135 Å². The number of nitrogens with zero attached hydrogens (tertiary/aromatic N) is 3. The van der Waals surface area contributed by atoms with Gasteiger partial charge in [0, 0.05) is 25.0 Å². The number of piperidine rings is 1. The monoisotopic (exact) mass is 306 g/mol. The zero-order valence-electron chi connectivity index (χ0n) is 12.8. The Morgan fingerprint density at radius 1 is 1.13 bits per heavy atom. The molecule has 1 N–H and O–H groups in total. The Balaban J connectivity index is 1.72. The highest BCUT2D eigenvalue weighted by molar-refractivity contribution is 6.04. The van der Waals surface area contributed by atoms with Gasteiger partial charge in [-0.05, 0) is 49.6 Å². The highest BCUT2D eigenvalue weighted by atomic mass is 16.1. The quantitative estimate of drug-likeness (QED) is 0.945. The minimum Gasteiger partial charge on any atom is -0.370 e. The van der Waals surface area contributed by atoms with Crippen molar-refractivity contribution in [1.29, 1.82) is 5.26 Å². The maximum Gasteiger partial charge on any atom is 0.257 e. The van der Waals surface area contributed by atoms with Crippen LogP contribution in [0.1, 0.15) is 35.2 Å². The molecular weight excluding hydrogens is 288 g/mol. The number of nitriles is 1. The third-order valence-corrected chi connectivity index (χ3v) is 3.98. The molecule has 1 fully saturated rings. The molecule has 0 radical (unpaired) electrons. The normalized spacial score (nSPS) is 14.1. The summed E-state index contributed by atoms with van der Waals surface area (Å²) in [5.41, 5.74) is 2.77. The summed E-state index contributed by atoms with van der Waals surface area (Å²) in [6.45, 7) is 2.03. The molecule has 116 valence electrons. The molecule has 0 spiro atoms. The lowest BCUT2D eigenvalue weighted by atomic mass is 10.1. The number of aromatic nitrogens is 1. The number of pyridine rings is 1. The van der Waals surface area contributed by atoms with E-state index in [2.05, 4.69) is 21.3 Å². The molecule has 1 amide bonds. The minimum absolute atomic E-state index is 0.193. The maximum absolute atomic E-state index is 12.4. The van der Waals surface area contributed by atoms with Gasteiger partial charge in [-0.1, -0.05) is 0 Å². The molecule has 2 heterocycles. The summed E-state index contributed by atoms with van der Waals surface area (Å²) < 4.78 is 0. The van der Waals surface area contributed by atoms with Crippen LogP contribution in [0.3, 0.4) is 0 Å². The highest BCUT2D eigenvalue weighted by Gasteiger charge is 2.14. The second kappa shape index (κ2) is 6.93. The molecule has 0 aliphatic carbocycles. The lowest BCUT2D eigenvalue weighted by Crippen LogP contribution is -2.29. The first-order valence-electron chi connectivity index (χ1n) is 7.78. The van der Waals surface area contributed by atoms with Crippen LogP contribution in [0.2, 0.25) is 0 Å². The van der Waals surface area contributed by atoms with Gasteiger partial charge in [0.1, 0.15) is 0 Å². The predicted octanol–water partition coefficient (Wildman–Crippen LogP) is 3.20. The van der Waals surface area contributed by atoms with Gasteiger partial charge in [0.05, 0.1) is 29.1 Å². The zero-order chi connectivity index (χ0) is 16.1. The van der Waals surface area contributed by atoms with E-state index in [1.165, 1.54) is 19.3 Å². The SMILES string of the molecule is N#Cc1ccc(NC(=O)c2cncc(N3CCCCC3)c2)cc1. The standard InChI is InChI=1S/C18H18N4O/c19-11-14-4-6-16(7-5-14)21-18(23)15-10-17(13-20-12-15)22-8-2-1-3-9-22/h4-7,10,12-13H,1-3,8-9H2,(H,21,23). The van der Waals surface area contributed by atoms with Crippen molar-refractivity contribution in [3.63, 3.8) is 0 Å². The third-order valence-electron chi connectivity index (χ3n) is 3.98. The van der Waals surface area contributed by atoms with Crippen LogP contribution in [0.5, 0.6) is 0 Å². The minimum atomic E-state index is -0.193. The zero-order valence-corrected chi connectivity index (χ0v) is 12.8. The van der Waals surface area contributed by atoms with E-state index in [0.717, 1.165) is 18.8 Å². The van der Waals surface area contributed by atoms with Gasteiger partial charge < -0.3 is 10.2 Å². The number of benzene rings is 1. The molecule has 2 aromatic rings. The molecule has 0 atom stereocenters. The summed E-state index contributed by atoms with van der Waals surface area (Å²) in [6.07, 6.45) is 7.02. The molecule has 3 rings (SSSR count). The first-order chi connectivity index (χ1) is 11.3. The number of carbonyl (C=O) groups excluding carboxylic acids is 1. The summed E-state index contributed by atoms with van der Waals surface area (Å²) in [4.78, 5) is 18.8. The van der Waals surface area contributed by atoms with E-state index in [9.17, 15) is 4.79 Å². The number of hydrogen-bond acceptors (Lipinski definition) is 4. The topological polar surface area (TPSA) is 69.0 Å². The highest BCUT2D eigenvalue weighted by Crippen LogP contribution is 2.20. The summed E-state index contributed by atoms with van der Waals surface area (Å²) in [7, 11) is 0. The second-order valence-electron chi connectivity index (χ2n) is 5.62. The fourth-order valence-electron chi connectivity index (χ4n) is 2.71. The Hall–Kier alpha value is -2.87. The molecule has 1 aromatic carbocycles. The molecule has 0 unspecified atom stereocenters. The summed E-state index contributed by atoms with van der Waals surface area (Å²) in [5, 5.41) is 11.6.